The van der Waals surface area contributed by atoms with Crippen molar-refractivity contribution >= 4 is 0 Å². The van der Waals surface area contributed by atoms with Crippen LogP contribution in [0.5, 0.6) is 0 Å². The van der Waals surface area contributed by atoms with Crippen molar-refractivity contribution in [2.45, 2.75) is 50.9 Å². The Bertz CT molecular complexity index is 469. The molecule has 0 spiro atoms. The van der Waals surface area contributed by atoms with Crippen LogP contribution in [0.2, 0.25) is 0 Å². The highest BCUT2D eigenvalue weighted by atomic mass is 14.2. The maximum atomic E-state index is 2.28. The average Bonchev–Trinajstić information content (AvgIpc) is 2.58. The van der Waals surface area contributed by atoms with E-state index in [-0.39, 0.29) is 0 Å². The summed E-state index contributed by atoms with van der Waals surface area (Å²) < 4.78 is 0. The first-order valence-electron chi connectivity index (χ1n) is 8.37. The lowest BCUT2D eigenvalue weighted by Crippen LogP contribution is -2.08. The van der Waals surface area contributed by atoms with Crippen molar-refractivity contribution in [1.82, 2.24) is 0 Å². The van der Waals surface area contributed by atoms with E-state index < -0.39 is 0 Å². The molecule has 2 aromatic rings. The minimum absolute atomic E-state index is 0.543. The standard InChI is InChI=1S/C21H25/c1-4-10-18(11-5-1)16-17-21(19-12-6-2-7-13-19)20-14-8-3-9-15-20/h2-3,6-9,12-15,21H,1,4-5,10-11,16-17H2. The molecule has 0 nitrogen and oxygen atoms in total. The fourth-order valence-corrected chi connectivity index (χ4v) is 3.55. The van der Waals surface area contributed by atoms with Crippen molar-refractivity contribution in [1.29, 1.82) is 0 Å². The Labute approximate surface area is 129 Å². The molecule has 0 saturated heterocycles. The summed E-state index contributed by atoms with van der Waals surface area (Å²) in [5.74, 6) is 2.35. The molecule has 0 aromatic heterocycles. The maximum absolute atomic E-state index is 2.28. The van der Waals surface area contributed by atoms with Gasteiger partial charge in [-0.15, -0.1) is 0 Å². The van der Waals surface area contributed by atoms with Crippen LogP contribution in [0.25, 0.3) is 0 Å². The Morgan fingerprint density at radius 3 is 1.71 bits per heavy atom. The van der Waals surface area contributed by atoms with Crippen LogP contribution in [0.3, 0.4) is 0 Å². The predicted octanol–water partition coefficient (Wildman–Crippen LogP) is 6.14. The largest absolute Gasteiger partial charge is 0.0622 e. The van der Waals surface area contributed by atoms with Gasteiger partial charge in [-0.25, -0.2) is 0 Å². The van der Waals surface area contributed by atoms with Gasteiger partial charge in [0.2, 0.25) is 0 Å². The summed E-state index contributed by atoms with van der Waals surface area (Å²) in [6.07, 6.45) is 9.56. The second kappa shape index (κ2) is 7.45. The number of hydrogen-bond donors (Lipinski definition) is 0. The van der Waals surface area contributed by atoms with Crippen LogP contribution >= 0.6 is 0 Å². The molecule has 109 valence electrons. The molecule has 2 aromatic carbocycles. The minimum Gasteiger partial charge on any atom is -0.0622 e. The molecule has 0 unspecified atom stereocenters. The van der Waals surface area contributed by atoms with Crippen molar-refractivity contribution in [2.75, 3.05) is 0 Å². The Balaban J connectivity index is 1.73. The summed E-state index contributed by atoms with van der Waals surface area (Å²) in [6.45, 7) is 0. The Morgan fingerprint density at radius 2 is 1.19 bits per heavy atom. The maximum Gasteiger partial charge on any atom is 0.00895 e. The fraction of sp³-hybridized carbons (Fsp3) is 0.381. The van der Waals surface area contributed by atoms with Gasteiger partial charge >= 0.3 is 0 Å². The summed E-state index contributed by atoms with van der Waals surface area (Å²) in [4.78, 5) is 0. The molecule has 1 aliphatic rings. The van der Waals surface area contributed by atoms with Crippen LogP contribution < -0.4 is 0 Å². The average molecular weight is 277 g/mol. The summed E-state index contributed by atoms with van der Waals surface area (Å²) in [7, 11) is 0. The van der Waals surface area contributed by atoms with E-state index in [0.717, 1.165) is 0 Å². The van der Waals surface area contributed by atoms with Crippen molar-refractivity contribution in [3.63, 3.8) is 0 Å². The normalized spacial score (nSPS) is 16.2. The molecule has 0 heteroatoms. The van der Waals surface area contributed by atoms with Crippen molar-refractivity contribution in [3.8, 4) is 0 Å². The van der Waals surface area contributed by atoms with E-state index in [0.29, 0.717) is 5.92 Å². The van der Waals surface area contributed by atoms with E-state index in [1.165, 1.54) is 56.1 Å². The Morgan fingerprint density at radius 1 is 0.667 bits per heavy atom. The van der Waals surface area contributed by atoms with E-state index in [9.17, 15) is 0 Å². The SMILES string of the molecule is c1ccc(C(CC[C]2CCCCC2)c2ccccc2)cc1. The van der Waals surface area contributed by atoms with Crippen LogP contribution in [0.4, 0.5) is 0 Å². The molecule has 21 heavy (non-hydrogen) atoms. The van der Waals surface area contributed by atoms with Crippen LogP contribution in [-0.2, 0) is 0 Å². The number of hydrogen-bond acceptors (Lipinski definition) is 0. The fourth-order valence-electron chi connectivity index (χ4n) is 3.55. The first kappa shape index (κ1) is 14.4. The van der Waals surface area contributed by atoms with E-state index in [4.69, 9.17) is 0 Å². The smallest absolute Gasteiger partial charge is 0.00895 e. The molecule has 0 bridgehead atoms. The highest BCUT2D eigenvalue weighted by molar-refractivity contribution is 5.32. The zero-order chi connectivity index (χ0) is 14.3. The highest BCUT2D eigenvalue weighted by Gasteiger charge is 2.18. The first-order valence-corrected chi connectivity index (χ1v) is 8.37. The summed E-state index contributed by atoms with van der Waals surface area (Å²) in [5, 5.41) is 0. The zero-order valence-corrected chi connectivity index (χ0v) is 12.8. The molecule has 0 aliphatic heterocycles. The van der Waals surface area contributed by atoms with Crippen LogP contribution in [0, 0.1) is 5.92 Å². The molecular formula is C21H25. The molecule has 0 amide bonds. The molecule has 3 rings (SSSR count). The van der Waals surface area contributed by atoms with Gasteiger partial charge in [0.15, 0.2) is 0 Å². The van der Waals surface area contributed by atoms with Gasteiger partial charge in [0.05, 0.1) is 0 Å². The molecule has 1 aliphatic carbocycles. The summed E-state index contributed by atoms with van der Waals surface area (Å²) in [5.41, 5.74) is 2.92. The van der Waals surface area contributed by atoms with Gasteiger partial charge < -0.3 is 0 Å². The van der Waals surface area contributed by atoms with Crippen LogP contribution in [0.1, 0.15) is 62.0 Å². The molecule has 0 heterocycles. The molecule has 1 fully saturated rings. The van der Waals surface area contributed by atoms with Crippen molar-refractivity contribution in [2.24, 2.45) is 0 Å². The number of rotatable bonds is 5. The quantitative estimate of drug-likeness (QED) is 0.616. The highest BCUT2D eigenvalue weighted by Crippen LogP contribution is 2.35. The van der Waals surface area contributed by atoms with E-state index in [1.807, 2.05) is 0 Å². The molecule has 1 radical (unpaired) electrons. The van der Waals surface area contributed by atoms with Crippen molar-refractivity contribution in [3.05, 3.63) is 77.7 Å². The van der Waals surface area contributed by atoms with Crippen molar-refractivity contribution < 1.29 is 0 Å². The monoisotopic (exact) mass is 277 g/mol. The van der Waals surface area contributed by atoms with Gasteiger partial charge in [-0.3, -0.25) is 0 Å². The molecule has 0 N–H and O–H groups in total. The van der Waals surface area contributed by atoms with E-state index in [2.05, 4.69) is 60.7 Å². The van der Waals surface area contributed by atoms with Gasteiger partial charge in [0.25, 0.3) is 0 Å². The Kier molecular flexibility index (Phi) is 5.10. The second-order valence-corrected chi connectivity index (χ2v) is 6.22. The van der Waals surface area contributed by atoms with Gasteiger partial charge in [-0.05, 0) is 42.7 Å². The third kappa shape index (κ3) is 3.97. The summed E-state index contributed by atoms with van der Waals surface area (Å²) in [6, 6.07) is 22.0. The molecule has 0 atom stereocenters. The van der Waals surface area contributed by atoms with Gasteiger partial charge in [-0.1, -0.05) is 79.9 Å². The topological polar surface area (TPSA) is 0 Å². The second-order valence-electron chi connectivity index (χ2n) is 6.22. The lowest BCUT2D eigenvalue weighted by atomic mass is 9.81. The molecular weight excluding hydrogens is 252 g/mol. The molecule has 1 saturated carbocycles. The first-order chi connectivity index (χ1) is 10.4. The third-order valence-electron chi connectivity index (χ3n) is 4.75. The van der Waals surface area contributed by atoms with E-state index >= 15 is 0 Å². The third-order valence-corrected chi connectivity index (χ3v) is 4.75. The van der Waals surface area contributed by atoms with E-state index in [1.54, 1.807) is 5.92 Å². The number of benzene rings is 2. The van der Waals surface area contributed by atoms with Gasteiger partial charge in [-0.2, -0.15) is 0 Å². The Hall–Kier alpha value is -1.56. The summed E-state index contributed by atoms with van der Waals surface area (Å²) >= 11 is 0. The van der Waals surface area contributed by atoms with Crippen LogP contribution in [0.15, 0.2) is 60.7 Å². The van der Waals surface area contributed by atoms with Crippen LogP contribution in [-0.4, -0.2) is 0 Å². The lowest BCUT2D eigenvalue weighted by molar-refractivity contribution is 0.489. The predicted molar refractivity (Wildman–Crippen MR) is 90.3 cm³/mol. The van der Waals surface area contributed by atoms with Gasteiger partial charge in [0.1, 0.15) is 0 Å². The van der Waals surface area contributed by atoms with Gasteiger partial charge in [0, 0.05) is 5.92 Å². The lowest BCUT2D eigenvalue weighted by Gasteiger charge is -2.24. The minimum atomic E-state index is 0.543. The zero-order valence-electron chi connectivity index (χ0n) is 12.8.